The maximum Gasteiger partial charge on any atom is 0.0303 e. The molecule has 0 saturated heterocycles. The Kier molecular flexibility index (Phi) is 6.58. The van der Waals surface area contributed by atoms with E-state index in [1.807, 2.05) is 6.92 Å². The molecule has 0 nitrogen and oxygen atoms in total. The van der Waals surface area contributed by atoms with Crippen molar-refractivity contribution >= 4 is 0 Å². The molecule has 0 aliphatic carbocycles. The second kappa shape index (κ2) is 7.98. The molecule has 0 fully saturated rings. The van der Waals surface area contributed by atoms with Gasteiger partial charge in [0.15, 0.2) is 0 Å². The molecule has 0 radical (unpaired) electrons. The molecular formula is C18H26. The number of rotatable bonds is 6. The Bertz CT molecular complexity index is 406. The lowest BCUT2D eigenvalue weighted by molar-refractivity contribution is 0.632. The molecule has 0 spiro atoms. The number of unbranched alkanes of at least 4 members (excludes halogenated alkanes) is 4. The SMILES string of the molecule is CC#Cc1c(C)cc(CCCCCCC)cc1C. The molecule has 0 heteroatoms. The predicted octanol–water partition coefficient (Wildman–Crippen LogP) is 5.19. The predicted molar refractivity (Wildman–Crippen MR) is 80.9 cm³/mol. The monoisotopic (exact) mass is 242 g/mol. The molecule has 0 aliphatic heterocycles. The van der Waals surface area contributed by atoms with Gasteiger partial charge in [0.1, 0.15) is 0 Å². The molecule has 0 atom stereocenters. The van der Waals surface area contributed by atoms with Gasteiger partial charge >= 0.3 is 0 Å². The van der Waals surface area contributed by atoms with Crippen LogP contribution in [0.4, 0.5) is 0 Å². The summed E-state index contributed by atoms with van der Waals surface area (Å²) in [6.45, 7) is 8.52. The molecule has 0 bridgehead atoms. The van der Waals surface area contributed by atoms with E-state index in [1.165, 1.54) is 60.8 Å². The van der Waals surface area contributed by atoms with E-state index in [0.29, 0.717) is 0 Å². The Hall–Kier alpha value is -1.22. The highest BCUT2D eigenvalue weighted by atomic mass is 14.1. The van der Waals surface area contributed by atoms with Gasteiger partial charge in [0.25, 0.3) is 0 Å². The molecule has 1 aromatic carbocycles. The molecule has 1 rings (SSSR count). The van der Waals surface area contributed by atoms with E-state index in [-0.39, 0.29) is 0 Å². The molecule has 0 N–H and O–H groups in total. The lowest BCUT2D eigenvalue weighted by Gasteiger charge is -2.08. The second-order valence-corrected chi connectivity index (χ2v) is 5.14. The van der Waals surface area contributed by atoms with Crippen LogP contribution in [0, 0.1) is 25.7 Å². The standard InChI is InChI=1S/C18H26/c1-5-7-8-9-10-12-17-13-15(3)18(11-6-2)16(4)14-17/h13-14H,5,7-10,12H2,1-4H3. The van der Waals surface area contributed by atoms with Crippen LogP contribution in [-0.2, 0) is 6.42 Å². The van der Waals surface area contributed by atoms with Crippen LogP contribution in [0.1, 0.15) is 68.2 Å². The third-order valence-electron chi connectivity index (χ3n) is 3.41. The largest absolute Gasteiger partial charge is 0.101 e. The van der Waals surface area contributed by atoms with E-state index >= 15 is 0 Å². The van der Waals surface area contributed by atoms with E-state index in [4.69, 9.17) is 0 Å². The Labute approximate surface area is 113 Å². The van der Waals surface area contributed by atoms with Crippen LogP contribution >= 0.6 is 0 Å². The Balaban J connectivity index is 2.59. The number of hydrogen-bond acceptors (Lipinski definition) is 0. The molecule has 0 heterocycles. The molecule has 1 aromatic rings. The number of hydrogen-bond donors (Lipinski definition) is 0. The Morgan fingerprint density at radius 1 is 0.944 bits per heavy atom. The summed E-state index contributed by atoms with van der Waals surface area (Å²) in [6, 6.07) is 4.62. The van der Waals surface area contributed by atoms with Crippen molar-refractivity contribution in [2.75, 3.05) is 0 Å². The summed E-state index contributed by atoms with van der Waals surface area (Å²) in [7, 11) is 0. The zero-order chi connectivity index (χ0) is 13.4. The van der Waals surface area contributed by atoms with E-state index in [1.54, 1.807) is 0 Å². The smallest absolute Gasteiger partial charge is 0.0303 e. The number of benzene rings is 1. The van der Waals surface area contributed by atoms with Gasteiger partial charge in [-0.3, -0.25) is 0 Å². The zero-order valence-corrected chi connectivity index (χ0v) is 12.4. The van der Waals surface area contributed by atoms with Crippen LogP contribution in [0.25, 0.3) is 0 Å². The van der Waals surface area contributed by atoms with E-state index in [2.05, 4.69) is 44.7 Å². The van der Waals surface area contributed by atoms with E-state index in [9.17, 15) is 0 Å². The van der Waals surface area contributed by atoms with Crippen LogP contribution < -0.4 is 0 Å². The summed E-state index contributed by atoms with van der Waals surface area (Å²) in [6.07, 6.45) is 7.98. The van der Waals surface area contributed by atoms with Gasteiger partial charge in [0, 0.05) is 5.56 Å². The lowest BCUT2D eigenvalue weighted by Crippen LogP contribution is -1.93. The minimum atomic E-state index is 1.21. The fraction of sp³-hybridized carbons (Fsp3) is 0.556. The Morgan fingerprint density at radius 3 is 2.11 bits per heavy atom. The van der Waals surface area contributed by atoms with E-state index < -0.39 is 0 Å². The molecule has 0 unspecified atom stereocenters. The van der Waals surface area contributed by atoms with Crippen molar-refractivity contribution in [3.05, 3.63) is 34.4 Å². The van der Waals surface area contributed by atoms with Crippen molar-refractivity contribution in [1.29, 1.82) is 0 Å². The van der Waals surface area contributed by atoms with Crippen LogP contribution in [0.2, 0.25) is 0 Å². The highest BCUT2D eigenvalue weighted by Crippen LogP contribution is 2.18. The van der Waals surface area contributed by atoms with Crippen LogP contribution in [0.5, 0.6) is 0 Å². The second-order valence-electron chi connectivity index (χ2n) is 5.14. The average molecular weight is 242 g/mol. The quantitative estimate of drug-likeness (QED) is 0.476. The van der Waals surface area contributed by atoms with Crippen molar-refractivity contribution in [3.63, 3.8) is 0 Å². The maximum atomic E-state index is 3.21. The first kappa shape index (κ1) is 14.8. The first-order valence-corrected chi connectivity index (χ1v) is 7.22. The van der Waals surface area contributed by atoms with Crippen LogP contribution in [0.15, 0.2) is 12.1 Å². The average Bonchev–Trinajstić information content (AvgIpc) is 2.33. The molecule has 98 valence electrons. The highest BCUT2D eigenvalue weighted by molar-refractivity contribution is 5.48. The highest BCUT2D eigenvalue weighted by Gasteiger charge is 2.03. The summed E-state index contributed by atoms with van der Waals surface area (Å²) in [5.41, 5.74) is 5.34. The lowest BCUT2D eigenvalue weighted by atomic mass is 9.96. The van der Waals surface area contributed by atoms with Gasteiger partial charge < -0.3 is 0 Å². The summed E-state index contributed by atoms with van der Waals surface area (Å²) < 4.78 is 0. The third kappa shape index (κ3) is 4.57. The third-order valence-corrected chi connectivity index (χ3v) is 3.41. The molecule has 18 heavy (non-hydrogen) atoms. The van der Waals surface area contributed by atoms with Gasteiger partial charge in [-0.25, -0.2) is 0 Å². The van der Waals surface area contributed by atoms with Gasteiger partial charge in [-0.2, -0.15) is 0 Å². The van der Waals surface area contributed by atoms with E-state index in [0.717, 1.165) is 0 Å². The van der Waals surface area contributed by atoms with Crippen molar-refractivity contribution in [2.45, 2.75) is 66.2 Å². The van der Waals surface area contributed by atoms with Crippen molar-refractivity contribution in [1.82, 2.24) is 0 Å². The summed E-state index contributed by atoms with van der Waals surface area (Å²) in [5.74, 6) is 6.21. The molecule has 0 aromatic heterocycles. The normalized spacial score (nSPS) is 10.0. The topological polar surface area (TPSA) is 0 Å². The van der Waals surface area contributed by atoms with Crippen LogP contribution in [-0.4, -0.2) is 0 Å². The zero-order valence-electron chi connectivity index (χ0n) is 12.4. The van der Waals surface area contributed by atoms with Gasteiger partial charge in [0.05, 0.1) is 0 Å². The van der Waals surface area contributed by atoms with Crippen molar-refractivity contribution in [2.24, 2.45) is 0 Å². The van der Waals surface area contributed by atoms with Crippen molar-refractivity contribution in [3.8, 4) is 11.8 Å². The minimum absolute atomic E-state index is 1.21. The van der Waals surface area contributed by atoms with Gasteiger partial charge in [-0.1, -0.05) is 50.7 Å². The Morgan fingerprint density at radius 2 is 1.56 bits per heavy atom. The number of aryl methyl sites for hydroxylation is 3. The molecule has 0 aliphatic rings. The molecular weight excluding hydrogens is 216 g/mol. The maximum absolute atomic E-state index is 3.21. The summed E-state index contributed by atoms with van der Waals surface area (Å²) >= 11 is 0. The molecule has 0 saturated carbocycles. The van der Waals surface area contributed by atoms with Crippen molar-refractivity contribution < 1.29 is 0 Å². The van der Waals surface area contributed by atoms with Gasteiger partial charge in [-0.15, -0.1) is 5.92 Å². The summed E-state index contributed by atoms with van der Waals surface area (Å²) in [4.78, 5) is 0. The fourth-order valence-corrected chi connectivity index (χ4v) is 2.45. The first-order valence-electron chi connectivity index (χ1n) is 7.22. The van der Waals surface area contributed by atoms with Gasteiger partial charge in [0.2, 0.25) is 0 Å². The summed E-state index contributed by atoms with van der Waals surface area (Å²) in [5, 5.41) is 0. The minimum Gasteiger partial charge on any atom is -0.101 e. The molecule has 0 amide bonds. The fourth-order valence-electron chi connectivity index (χ4n) is 2.45. The van der Waals surface area contributed by atoms with Gasteiger partial charge in [-0.05, 0) is 50.3 Å². The first-order chi connectivity index (χ1) is 8.69. The van der Waals surface area contributed by atoms with Crippen LogP contribution in [0.3, 0.4) is 0 Å².